The number of fused-ring (bicyclic) bond motifs is 10. The summed E-state index contributed by atoms with van der Waals surface area (Å²) in [6.45, 7) is 9.66. The second kappa shape index (κ2) is 11.9. The van der Waals surface area contributed by atoms with Crippen LogP contribution in [-0.2, 0) is 10.8 Å². The summed E-state index contributed by atoms with van der Waals surface area (Å²) in [5, 5.41) is 2.24. The maximum Gasteiger partial charge on any atom is 0.135 e. The molecule has 0 saturated carbocycles. The van der Waals surface area contributed by atoms with Crippen LogP contribution in [0.4, 0.5) is 17.1 Å². The Bertz CT molecular complexity index is 3030. The molecule has 0 N–H and O–H groups in total. The Kier molecular flexibility index (Phi) is 6.98. The lowest BCUT2D eigenvalue weighted by Crippen LogP contribution is -2.24. The molecule has 56 heavy (non-hydrogen) atoms. The molecule has 0 fully saturated rings. The van der Waals surface area contributed by atoms with Crippen LogP contribution in [0.2, 0.25) is 0 Å². The van der Waals surface area contributed by atoms with Crippen LogP contribution in [0.15, 0.2) is 180 Å². The smallest absolute Gasteiger partial charge is 0.135 e. The van der Waals surface area contributed by atoms with E-state index in [2.05, 4.69) is 202 Å². The van der Waals surface area contributed by atoms with E-state index in [0.717, 1.165) is 39.0 Å². The van der Waals surface area contributed by atoms with Crippen LogP contribution < -0.4 is 4.90 Å². The Hall–Kier alpha value is -6.64. The molecule has 2 nitrogen and oxygen atoms in total. The molecule has 0 aliphatic heterocycles. The molecule has 1 aromatic heterocycles. The van der Waals surface area contributed by atoms with Gasteiger partial charge < -0.3 is 9.32 Å². The lowest BCUT2D eigenvalue weighted by Gasteiger charge is -2.31. The van der Waals surface area contributed by atoms with E-state index in [0.29, 0.717) is 0 Å². The SMILES string of the molecule is CC1(C)c2ccccc2-c2ccc3c(c21)C(C)(C)c1cc(N(c2cccc(-c4cccc(-c5ccccc5)c4)c2)c2ccc4oc5ccccc5c4c2)ccc1-3. The second-order valence-corrected chi connectivity index (χ2v) is 16.5. The normalized spacial score (nSPS) is 14.4. The molecular formula is C54H41NO. The standard InChI is InChI=1S/C54H41NO/c1-53(2)47-22-10-8-20-41(47)44-27-28-45-42-26-24-40(33-48(42)54(3,4)52(45)51(44)53)55(39-25-29-50-46(32-39)43-21-9-11-23-49(43)56-50)38-19-13-18-37(31-38)36-17-12-16-35(30-36)34-14-6-5-7-15-34/h5-33H,1-4H3. The Balaban J connectivity index is 1.08. The summed E-state index contributed by atoms with van der Waals surface area (Å²) >= 11 is 0. The number of rotatable bonds is 5. The number of hydrogen-bond donors (Lipinski definition) is 0. The molecule has 2 aliphatic rings. The highest BCUT2D eigenvalue weighted by Crippen LogP contribution is 2.59. The lowest BCUT2D eigenvalue weighted by molar-refractivity contribution is 0.601. The van der Waals surface area contributed by atoms with E-state index < -0.39 is 0 Å². The van der Waals surface area contributed by atoms with E-state index >= 15 is 0 Å². The van der Waals surface area contributed by atoms with Crippen molar-refractivity contribution in [1.29, 1.82) is 0 Å². The van der Waals surface area contributed by atoms with Gasteiger partial charge in [-0.1, -0.05) is 149 Å². The Labute approximate surface area is 328 Å². The molecule has 0 amide bonds. The second-order valence-electron chi connectivity index (χ2n) is 16.5. The third kappa shape index (κ3) is 4.75. The molecule has 11 rings (SSSR count). The van der Waals surface area contributed by atoms with Gasteiger partial charge in [0.25, 0.3) is 0 Å². The van der Waals surface area contributed by atoms with Gasteiger partial charge in [-0.05, 0) is 121 Å². The van der Waals surface area contributed by atoms with E-state index in [4.69, 9.17) is 4.42 Å². The topological polar surface area (TPSA) is 16.4 Å². The van der Waals surface area contributed by atoms with E-state index in [9.17, 15) is 0 Å². The third-order valence-corrected chi connectivity index (χ3v) is 12.6. The predicted molar refractivity (Wildman–Crippen MR) is 234 cm³/mol. The molecule has 9 aromatic rings. The minimum atomic E-state index is -0.207. The van der Waals surface area contributed by atoms with Crippen molar-refractivity contribution >= 4 is 39.0 Å². The number of furan rings is 1. The highest BCUT2D eigenvalue weighted by molar-refractivity contribution is 6.06. The number of para-hydroxylation sites is 1. The van der Waals surface area contributed by atoms with E-state index in [1.807, 2.05) is 6.07 Å². The molecule has 8 aromatic carbocycles. The van der Waals surface area contributed by atoms with Gasteiger partial charge in [0, 0.05) is 38.7 Å². The van der Waals surface area contributed by atoms with Crippen molar-refractivity contribution < 1.29 is 4.42 Å². The summed E-state index contributed by atoms with van der Waals surface area (Å²) < 4.78 is 6.30. The van der Waals surface area contributed by atoms with Crippen molar-refractivity contribution in [3.63, 3.8) is 0 Å². The number of benzene rings is 8. The van der Waals surface area contributed by atoms with Gasteiger partial charge in [-0.3, -0.25) is 0 Å². The van der Waals surface area contributed by atoms with Gasteiger partial charge in [-0.25, -0.2) is 0 Å². The zero-order chi connectivity index (χ0) is 37.8. The first-order valence-electron chi connectivity index (χ1n) is 19.7. The van der Waals surface area contributed by atoms with Crippen molar-refractivity contribution in [3.8, 4) is 44.5 Å². The molecule has 2 heteroatoms. The van der Waals surface area contributed by atoms with E-state index in [-0.39, 0.29) is 10.8 Å². The van der Waals surface area contributed by atoms with Gasteiger partial charge in [0.15, 0.2) is 0 Å². The maximum atomic E-state index is 6.30. The summed E-state index contributed by atoms with van der Waals surface area (Å²) in [7, 11) is 0. The highest BCUT2D eigenvalue weighted by Gasteiger charge is 2.45. The number of nitrogens with zero attached hydrogens (tertiary/aromatic N) is 1. The van der Waals surface area contributed by atoms with E-state index in [1.54, 1.807) is 0 Å². The van der Waals surface area contributed by atoms with Crippen LogP contribution >= 0.6 is 0 Å². The molecule has 0 spiro atoms. The average molecular weight is 720 g/mol. The van der Waals surface area contributed by atoms with Gasteiger partial charge in [0.2, 0.25) is 0 Å². The molecule has 1 heterocycles. The van der Waals surface area contributed by atoms with Crippen LogP contribution in [0.25, 0.3) is 66.4 Å². The highest BCUT2D eigenvalue weighted by atomic mass is 16.3. The summed E-state index contributed by atoms with van der Waals surface area (Å²) in [4.78, 5) is 2.43. The van der Waals surface area contributed by atoms with Gasteiger partial charge in [0.1, 0.15) is 11.2 Å². The van der Waals surface area contributed by atoms with Crippen LogP contribution in [0.5, 0.6) is 0 Å². The molecule has 268 valence electrons. The Morgan fingerprint density at radius 1 is 0.357 bits per heavy atom. The van der Waals surface area contributed by atoms with Gasteiger partial charge >= 0.3 is 0 Å². The van der Waals surface area contributed by atoms with Gasteiger partial charge in [0.05, 0.1) is 0 Å². The number of anilines is 3. The fourth-order valence-corrected chi connectivity index (χ4v) is 9.94. The predicted octanol–water partition coefficient (Wildman–Crippen LogP) is 15.0. The molecule has 2 aliphatic carbocycles. The fraction of sp³-hybridized carbons (Fsp3) is 0.111. The maximum absolute atomic E-state index is 6.30. The zero-order valence-electron chi connectivity index (χ0n) is 32.1. The molecule has 0 unspecified atom stereocenters. The summed E-state index contributed by atoms with van der Waals surface area (Å²) in [5.74, 6) is 0. The monoisotopic (exact) mass is 719 g/mol. The largest absolute Gasteiger partial charge is 0.456 e. The summed E-state index contributed by atoms with van der Waals surface area (Å²) in [5.41, 5.74) is 20.7. The molecule has 0 bridgehead atoms. The minimum Gasteiger partial charge on any atom is -0.456 e. The molecular weight excluding hydrogens is 679 g/mol. The fourth-order valence-electron chi connectivity index (χ4n) is 9.94. The first kappa shape index (κ1) is 32.8. The van der Waals surface area contributed by atoms with Crippen molar-refractivity contribution in [2.24, 2.45) is 0 Å². The van der Waals surface area contributed by atoms with Crippen LogP contribution in [0, 0.1) is 0 Å². The summed E-state index contributed by atoms with van der Waals surface area (Å²) in [6, 6.07) is 64.3. The van der Waals surface area contributed by atoms with Crippen molar-refractivity contribution in [2.45, 2.75) is 38.5 Å². The first-order valence-corrected chi connectivity index (χ1v) is 19.7. The van der Waals surface area contributed by atoms with Crippen molar-refractivity contribution in [1.82, 2.24) is 0 Å². The van der Waals surface area contributed by atoms with Crippen molar-refractivity contribution in [3.05, 3.63) is 198 Å². The Morgan fingerprint density at radius 2 is 0.893 bits per heavy atom. The molecule has 0 saturated heterocycles. The number of hydrogen-bond acceptors (Lipinski definition) is 2. The lowest BCUT2D eigenvalue weighted by atomic mass is 9.72. The molecule has 0 atom stereocenters. The minimum absolute atomic E-state index is 0.0908. The third-order valence-electron chi connectivity index (χ3n) is 12.6. The molecule has 0 radical (unpaired) electrons. The Morgan fingerprint density at radius 3 is 1.70 bits per heavy atom. The van der Waals surface area contributed by atoms with Gasteiger partial charge in [-0.15, -0.1) is 0 Å². The quantitative estimate of drug-likeness (QED) is 0.176. The van der Waals surface area contributed by atoms with Crippen LogP contribution in [-0.4, -0.2) is 0 Å². The van der Waals surface area contributed by atoms with Crippen LogP contribution in [0.1, 0.15) is 49.9 Å². The van der Waals surface area contributed by atoms with E-state index in [1.165, 1.54) is 66.8 Å². The van der Waals surface area contributed by atoms with Crippen molar-refractivity contribution in [2.75, 3.05) is 4.90 Å². The van der Waals surface area contributed by atoms with Crippen LogP contribution in [0.3, 0.4) is 0 Å². The van der Waals surface area contributed by atoms with Gasteiger partial charge in [-0.2, -0.15) is 0 Å². The average Bonchev–Trinajstić information content (AvgIpc) is 3.80. The zero-order valence-corrected chi connectivity index (χ0v) is 32.1. The first-order chi connectivity index (χ1) is 27.3. The summed E-state index contributed by atoms with van der Waals surface area (Å²) in [6.07, 6.45) is 0.